The quantitative estimate of drug-likeness (QED) is 0.371. The predicted molar refractivity (Wildman–Crippen MR) is 47.7 cm³/mol. The molecular formula is C4H11NS3. The molecule has 4 heteroatoms. The van der Waals surface area contributed by atoms with Crippen LogP contribution in [0.25, 0.3) is 0 Å². The summed E-state index contributed by atoms with van der Waals surface area (Å²) in [5.74, 6) is 1.15. The summed E-state index contributed by atoms with van der Waals surface area (Å²) in [7, 11) is -0.944. The lowest BCUT2D eigenvalue weighted by atomic mass is 10.3. The van der Waals surface area contributed by atoms with E-state index >= 15 is 0 Å². The molecule has 0 aromatic carbocycles. The SMILES string of the molecule is SS1(S)CCCCN1. The van der Waals surface area contributed by atoms with Gasteiger partial charge in [0.2, 0.25) is 0 Å². The zero-order chi connectivity index (χ0) is 6.04. The first-order valence-electron chi connectivity index (χ1n) is 2.71. The maximum atomic E-state index is 4.35. The minimum Gasteiger partial charge on any atom is -0.265 e. The van der Waals surface area contributed by atoms with Crippen LogP contribution >= 0.6 is 31.6 Å². The van der Waals surface area contributed by atoms with E-state index < -0.39 is 8.28 Å². The van der Waals surface area contributed by atoms with Gasteiger partial charge in [-0.05, 0) is 12.8 Å². The van der Waals surface area contributed by atoms with Crippen LogP contribution in [0.5, 0.6) is 0 Å². The molecule has 0 bridgehead atoms. The molecular weight excluding hydrogens is 158 g/mol. The average molecular weight is 169 g/mol. The Hall–Kier alpha value is 1.01. The second-order valence-electron chi connectivity index (χ2n) is 1.97. The van der Waals surface area contributed by atoms with Gasteiger partial charge in [-0.25, -0.2) is 0 Å². The van der Waals surface area contributed by atoms with Gasteiger partial charge >= 0.3 is 0 Å². The maximum absolute atomic E-state index is 4.35. The molecule has 0 atom stereocenters. The van der Waals surface area contributed by atoms with Gasteiger partial charge < -0.3 is 0 Å². The molecule has 1 saturated heterocycles. The zero-order valence-electron chi connectivity index (χ0n) is 4.63. The smallest absolute Gasteiger partial charge is 0.00670 e. The lowest BCUT2D eigenvalue weighted by Gasteiger charge is -2.33. The summed E-state index contributed by atoms with van der Waals surface area (Å²) in [6.07, 6.45) is 2.57. The van der Waals surface area contributed by atoms with Crippen LogP contribution in [0, 0.1) is 0 Å². The molecule has 0 aliphatic carbocycles. The fraction of sp³-hybridized carbons (Fsp3) is 1.00. The maximum Gasteiger partial charge on any atom is 0.00670 e. The highest BCUT2D eigenvalue weighted by Crippen LogP contribution is 2.55. The zero-order valence-corrected chi connectivity index (χ0v) is 7.24. The average Bonchev–Trinajstić information content (AvgIpc) is 1.65. The third kappa shape index (κ3) is 2.09. The standard InChI is InChI=1S/C4H11NS3/c6-8(7)4-2-1-3-5-8/h5-7H,1-4H2. The molecule has 1 N–H and O–H groups in total. The number of nitrogens with one attached hydrogen (secondary N) is 1. The number of hydrogen-bond donors (Lipinski definition) is 3. The molecule has 0 amide bonds. The Kier molecular flexibility index (Phi) is 2.43. The van der Waals surface area contributed by atoms with Crippen LogP contribution in [-0.4, -0.2) is 12.3 Å². The van der Waals surface area contributed by atoms with Crippen LogP contribution < -0.4 is 4.72 Å². The minimum atomic E-state index is -0.944. The summed E-state index contributed by atoms with van der Waals surface area (Å²) in [6.45, 7) is 1.10. The number of rotatable bonds is 0. The second kappa shape index (κ2) is 2.73. The molecule has 50 valence electrons. The summed E-state index contributed by atoms with van der Waals surface area (Å²) in [5, 5.41) is 0. The van der Waals surface area contributed by atoms with Crippen LogP contribution in [0.1, 0.15) is 12.8 Å². The van der Waals surface area contributed by atoms with E-state index in [9.17, 15) is 0 Å². The minimum absolute atomic E-state index is 0.944. The van der Waals surface area contributed by atoms with E-state index in [1.807, 2.05) is 0 Å². The van der Waals surface area contributed by atoms with Crippen LogP contribution in [-0.2, 0) is 0 Å². The highest BCUT2D eigenvalue weighted by molar-refractivity contribution is 9.17. The molecule has 0 aromatic rings. The summed E-state index contributed by atoms with van der Waals surface area (Å²) in [5.41, 5.74) is 0. The van der Waals surface area contributed by atoms with E-state index in [0.29, 0.717) is 0 Å². The van der Waals surface area contributed by atoms with Gasteiger partial charge in [0.1, 0.15) is 0 Å². The predicted octanol–water partition coefficient (Wildman–Crippen LogP) is 1.78. The van der Waals surface area contributed by atoms with Crippen LogP contribution in [0.2, 0.25) is 0 Å². The van der Waals surface area contributed by atoms with E-state index in [0.717, 1.165) is 12.3 Å². The van der Waals surface area contributed by atoms with Crippen LogP contribution in [0.4, 0.5) is 0 Å². The van der Waals surface area contributed by atoms with Crippen molar-refractivity contribution in [2.75, 3.05) is 12.3 Å². The fourth-order valence-corrected chi connectivity index (χ4v) is 3.28. The highest BCUT2D eigenvalue weighted by atomic mass is 33.5. The fourth-order valence-electron chi connectivity index (χ4n) is 0.736. The van der Waals surface area contributed by atoms with Crippen molar-refractivity contribution < 1.29 is 0 Å². The van der Waals surface area contributed by atoms with Crippen molar-refractivity contribution in [2.24, 2.45) is 0 Å². The van der Waals surface area contributed by atoms with Crippen LogP contribution in [0.15, 0.2) is 0 Å². The van der Waals surface area contributed by atoms with Gasteiger partial charge in [0.05, 0.1) is 0 Å². The van der Waals surface area contributed by atoms with Crippen molar-refractivity contribution in [1.82, 2.24) is 4.72 Å². The van der Waals surface area contributed by atoms with E-state index in [1.165, 1.54) is 12.8 Å². The molecule has 1 nitrogen and oxygen atoms in total. The number of thiol groups is 2. The van der Waals surface area contributed by atoms with E-state index in [1.54, 1.807) is 0 Å². The van der Waals surface area contributed by atoms with Gasteiger partial charge in [0.15, 0.2) is 0 Å². The summed E-state index contributed by atoms with van der Waals surface area (Å²) < 4.78 is 3.27. The first-order chi connectivity index (χ1) is 3.71. The Morgan fingerprint density at radius 3 is 2.25 bits per heavy atom. The molecule has 0 saturated carbocycles. The van der Waals surface area contributed by atoms with Crippen molar-refractivity contribution in [2.45, 2.75) is 12.8 Å². The molecule has 8 heavy (non-hydrogen) atoms. The van der Waals surface area contributed by atoms with Gasteiger partial charge in [-0.15, -0.1) is 23.3 Å². The Morgan fingerprint density at radius 2 is 2.00 bits per heavy atom. The lowest BCUT2D eigenvalue weighted by molar-refractivity contribution is 0.751. The van der Waals surface area contributed by atoms with Gasteiger partial charge in [0.25, 0.3) is 0 Å². The second-order valence-corrected chi connectivity index (χ2v) is 8.61. The van der Waals surface area contributed by atoms with Gasteiger partial charge in [-0.2, -0.15) is 0 Å². The summed E-state index contributed by atoms with van der Waals surface area (Å²) in [6, 6.07) is 0. The van der Waals surface area contributed by atoms with Crippen molar-refractivity contribution in [3.05, 3.63) is 0 Å². The lowest BCUT2D eigenvalue weighted by Crippen LogP contribution is -2.21. The summed E-state index contributed by atoms with van der Waals surface area (Å²) >= 11 is 8.71. The Morgan fingerprint density at radius 1 is 1.25 bits per heavy atom. The van der Waals surface area contributed by atoms with Crippen molar-refractivity contribution >= 4 is 31.6 Å². The molecule has 0 radical (unpaired) electrons. The molecule has 1 aliphatic rings. The molecule has 0 unspecified atom stereocenters. The molecule has 1 fully saturated rings. The van der Waals surface area contributed by atoms with Gasteiger partial charge in [0, 0.05) is 12.3 Å². The molecule has 0 aromatic heterocycles. The molecule has 1 heterocycles. The Bertz CT molecular complexity index is 75.4. The van der Waals surface area contributed by atoms with E-state index in [-0.39, 0.29) is 0 Å². The monoisotopic (exact) mass is 169 g/mol. The van der Waals surface area contributed by atoms with Crippen molar-refractivity contribution in [1.29, 1.82) is 0 Å². The number of hydrogen-bond acceptors (Lipinski definition) is 3. The van der Waals surface area contributed by atoms with Gasteiger partial charge in [-0.3, -0.25) is 4.72 Å². The summed E-state index contributed by atoms with van der Waals surface area (Å²) in [4.78, 5) is 0. The first-order valence-corrected chi connectivity index (χ1v) is 6.62. The van der Waals surface area contributed by atoms with Crippen molar-refractivity contribution in [3.63, 3.8) is 0 Å². The first kappa shape index (κ1) is 7.12. The molecule has 1 aliphatic heterocycles. The highest BCUT2D eigenvalue weighted by Gasteiger charge is 2.15. The molecule has 1 rings (SSSR count). The normalized spacial score (nSPS) is 31.8. The van der Waals surface area contributed by atoms with E-state index in [4.69, 9.17) is 0 Å². The van der Waals surface area contributed by atoms with Crippen molar-refractivity contribution in [3.8, 4) is 0 Å². The van der Waals surface area contributed by atoms with Crippen LogP contribution in [0.3, 0.4) is 0 Å². The third-order valence-electron chi connectivity index (χ3n) is 1.19. The Labute approximate surface area is 61.7 Å². The molecule has 0 spiro atoms. The largest absolute Gasteiger partial charge is 0.265 e. The third-order valence-corrected chi connectivity index (χ3v) is 4.58. The van der Waals surface area contributed by atoms with Gasteiger partial charge in [-0.1, -0.05) is 8.28 Å². The van der Waals surface area contributed by atoms with E-state index in [2.05, 4.69) is 28.0 Å². The topological polar surface area (TPSA) is 12.0 Å². The Balaban J connectivity index is 2.33.